The van der Waals surface area contributed by atoms with Gasteiger partial charge < -0.3 is 19.8 Å². The Morgan fingerprint density at radius 1 is 1.16 bits per heavy atom. The Kier molecular flexibility index (Phi) is 6.83. The molecule has 6 heteroatoms. The molecule has 0 unspecified atom stereocenters. The molecule has 0 radical (unpaired) electrons. The maximum atomic E-state index is 10.8. The fraction of sp³-hybridized carbons (Fsp3) is 0.263. The number of hydrogen-bond acceptors (Lipinski definition) is 5. The molecule has 0 aliphatic rings. The van der Waals surface area contributed by atoms with Crippen molar-refractivity contribution in [2.24, 2.45) is 5.16 Å². The molecule has 132 valence electrons. The highest BCUT2D eigenvalue weighted by Crippen LogP contribution is 2.16. The van der Waals surface area contributed by atoms with Crippen LogP contribution in [-0.2, 0) is 16.1 Å². The highest BCUT2D eigenvalue weighted by molar-refractivity contribution is 6.01. The van der Waals surface area contributed by atoms with Crippen LogP contribution in [0.3, 0.4) is 0 Å². The van der Waals surface area contributed by atoms with E-state index in [9.17, 15) is 9.90 Å². The van der Waals surface area contributed by atoms with Crippen LogP contribution in [0.4, 0.5) is 0 Å². The van der Waals surface area contributed by atoms with E-state index in [4.69, 9.17) is 14.7 Å². The zero-order valence-electron chi connectivity index (χ0n) is 14.0. The number of aromatic hydroxyl groups is 1. The van der Waals surface area contributed by atoms with E-state index in [1.807, 2.05) is 6.92 Å². The van der Waals surface area contributed by atoms with Gasteiger partial charge in [-0.05, 0) is 36.2 Å². The Morgan fingerprint density at radius 3 is 2.68 bits per heavy atom. The van der Waals surface area contributed by atoms with Gasteiger partial charge in [-0.25, -0.2) is 0 Å². The standard InChI is InChI=1S/C19H21NO5/c1-2-9-25-20-18(15-6-4-7-16(21)12-15)13-24-17-8-3-5-14(10-17)11-19(22)23/h3-8,10,12,21H,2,9,11,13H2,1H3,(H,22,23)/b20-18+. The van der Waals surface area contributed by atoms with Gasteiger partial charge in [-0.2, -0.15) is 0 Å². The fourth-order valence-electron chi connectivity index (χ4n) is 2.13. The maximum absolute atomic E-state index is 10.8. The molecular weight excluding hydrogens is 322 g/mol. The second kappa shape index (κ2) is 9.32. The van der Waals surface area contributed by atoms with Gasteiger partial charge in [-0.3, -0.25) is 4.79 Å². The van der Waals surface area contributed by atoms with Crippen LogP contribution in [0.2, 0.25) is 0 Å². The number of ether oxygens (including phenoxy) is 1. The summed E-state index contributed by atoms with van der Waals surface area (Å²) in [6.45, 7) is 2.59. The normalized spacial score (nSPS) is 11.2. The van der Waals surface area contributed by atoms with Crippen molar-refractivity contribution in [3.05, 3.63) is 59.7 Å². The van der Waals surface area contributed by atoms with E-state index < -0.39 is 5.97 Å². The lowest BCUT2D eigenvalue weighted by atomic mass is 10.1. The molecule has 2 aromatic rings. The summed E-state index contributed by atoms with van der Waals surface area (Å²) >= 11 is 0. The predicted molar refractivity (Wildman–Crippen MR) is 94.2 cm³/mol. The molecule has 25 heavy (non-hydrogen) atoms. The largest absolute Gasteiger partial charge is 0.508 e. The van der Waals surface area contributed by atoms with E-state index >= 15 is 0 Å². The highest BCUT2D eigenvalue weighted by atomic mass is 16.6. The minimum atomic E-state index is -0.896. The van der Waals surface area contributed by atoms with E-state index in [0.29, 0.717) is 29.2 Å². The summed E-state index contributed by atoms with van der Waals surface area (Å²) in [4.78, 5) is 16.1. The van der Waals surface area contributed by atoms with Crippen LogP contribution in [0.15, 0.2) is 53.7 Å². The molecule has 0 saturated carbocycles. The summed E-state index contributed by atoms with van der Waals surface area (Å²) < 4.78 is 5.73. The molecular formula is C19H21NO5. The number of rotatable bonds is 9. The first-order valence-electron chi connectivity index (χ1n) is 8.00. The van der Waals surface area contributed by atoms with Crippen LogP contribution < -0.4 is 4.74 Å². The number of carboxylic acid groups (broad SMARTS) is 1. The summed E-state index contributed by atoms with van der Waals surface area (Å²) in [5, 5.41) is 22.6. The number of aliphatic carboxylic acids is 1. The molecule has 0 saturated heterocycles. The summed E-state index contributed by atoms with van der Waals surface area (Å²) in [5.74, 6) is -0.224. The number of benzene rings is 2. The Bertz CT molecular complexity index is 742. The van der Waals surface area contributed by atoms with Crippen molar-refractivity contribution in [3.63, 3.8) is 0 Å². The topological polar surface area (TPSA) is 88.4 Å². The first-order chi connectivity index (χ1) is 12.1. The quantitative estimate of drug-likeness (QED) is 0.414. The summed E-state index contributed by atoms with van der Waals surface area (Å²) in [5.41, 5.74) is 1.88. The Morgan fingerprint density at radius 2 is 1.96 bits per heavy atom. The van der Waals surface area contributed by atoms with Crippen LogP contribution in [0.5, 0.6) is 11.5 Å². The average Bonchev–Trinajstić information content (AvgIpc) is 2.58. The number of carboxylic acids is 1. The van der Waals surface area contributed by atoms with Crippen LogP contribution >= 0.6 is 0 Å². The van der Waals surface area contributed by atoms with Gasteiger partial charge in [-0.1, -0.05) is 36.3 Å². The molecule has 0 spiro atoms. The number of phenolic OH excluding ortho intramolecular Hbond substituents is 1. The molecule has 2 N–H and O–H groups in total. The zero-order chi connectivity index (χ0) is 18.1. The van der Waals surface area contributed by atoms with Gasteiger partial charge in [0.15, 0.2) is 0 Å². The molecule has 0 aromatic heterocycles. The van der Waals surface area contributed by atoms with Crippen molar-refractivity contribution in [1.82, 2.24) is 0 Å². The lowest BCUT2D eigenvalue weighted by Gasteiger charge is -2.10. The van der Waals surface area contributed by atoms with Crippen LogP contribution in [0, 0.1) is 0 Å². The summed E-state index contributed by atoms with van der Waals surface area (Å²) in [7, 11) is 0. The minimum Gasteiger partial charge on any atom is -0.508 e. The molecule has 0 fully saturated rings. The molecule has 2 aromatic carbocycles. The molecule has 0 amide bonds. The lowest BCUT2D eigenvalue weighted by Crippen LogP contribution is -2.14. The Hall–Kier alpha value is -3.02. The number of phenols is 1. The first-order valence-corrected chi connectivity index (χ1v) is 8.00. The Balaban J connectivity index is 2.12. The average molecular weight is 343 g/mol. The predicted octanol–water partition coefficient (Wildman–Crippen LogP) is 3.23. The summed E-state index contributed by atoms with van der Waals surface area (Å²) in [6, 6.07) is 13.6. The molecule has 2 rings (SSSR count). The van der Waals surface area contributed by atoms with E-state index in [1.165, 1.54) is 0 Å². The monoisotopic (exact) mass is 343 g/mol. The van der Waals surface area contributed by atoms with Gasteiger partial charge >= 0.3 is 5.97 Å². The second-order valence-corrected chi connectivity index (χ2v) is 5.43. The van der Waals surface area contributed by atoms with Gasteiger partial charge in [0.1, 0.15) is 30.4 Å². The van der Waals surface area contributed by atoms with Crippen LogP contribution in [-0.4, -0.2) is 35.1 Å². The van der Waals surface area contributed by atoms with E-state index in [2.05, 4.69) is 5.16 Å². The molecule has 0 aliphatic carbocycles. The lowest BCUT2D eigenvalue weighted by molar-refractivity contribution is -0.136. The fourth-order valence-corrected chi connectivity index (χ4v) is 2.13. The van der Waals surface area contributed by atoms with Gasteiger partial charge in [-0.15, -0.1) is 0 Å². The van der Waals surface area contributed by atoms with E-state index in [-0.39, 0.29) is 18.8 Å². The van der Waals surface area contributed by atoms with Gasteiger partial charge in [0, 0.05) is 5.56 Å². The molecule has 0 heterocycles. The van der Waals surface area contributed by atoms with Crippen molar-refractivity contribution >= 4 is 11.7 Å². The molecule has 6 nitrogen and oxygen atoms in total. The summed E-state index contributed by atoms with van der Waals surface area (Å²) in [6.07, 6.45) is 0.763. The van der Waals surface area contributed by atoms with E-state index in [0.717, 1.165) is 6.42 Å². The third kappa shape index (κ3) is 6.18. The second-order valence-electron chi connectivity index (χ2n) is 5.43. The zero-order valence-corrected chi connectivity index (χ0v) is 14.0. The number of hydrogen-bond donors (Lipinski definition) is 2. The van der Waals surface area contributed by atoms with Gasteiger partial charge in [0.05, 0.1) is 6.42 Å². The maximum Gasteiger partial charge on any atom is 0.307 e. The van der Waals surface area contributed by atoms with Crippen molar-refractivity contribution in [3.8, 4) is 11.5 Å². The van der Waals surface area contributed by atoms with Crippen molar-refractivity contribution in [2.75, 3.05) is 13.2 Å². The van der Waals surface area contributed by atoms with Crippen molar-refractivity contribution in [2.45, 2.75) is 19.8 Å². The Labute approximate surface area is 146 Å². The van der Waals surface area contributed by atoms with Crippen LogP contribution in [0.25, 0.3) is 0 Å². The number of carbonyl (C=O) groups is 1. The van der Waals surface area contributed by atoms with Gasteiger partial charge in [0.2, 0.25) is 0 Å². The highest BCUT2D eigenvalue weighted by Gasteiger charge is 2.08. The van der Waals surface area contributed by atoms with Crippen molar-refractivity contribution < 1.29 is 24.6 Å². The first kappa shape index (κ1) is 18.3. The van der Waals surface area contributed by atoms with E-state index in [1.54, 1.807) is 48.5 Å². The molecule has 0 atom stereocenters. The number of nitrogens with zero attached hydrogens (tertiary/aromatic N) is 1. The molecule has 0 bridgehead atoms. The minimum absolute atomic E-state index is 0.0652. The third-order valence-electron chi connectivity index (χ3n) is 3.28. The van der Waals surface area contributed by atoms with Gasteiger partial charge in [0.25, 0.3) is 0 Å². The number of oxime groups is 1. The molecule has 0 aliphatic heterocycles. The SMILES string of the molecule is CCCO/N=C(\COc1cccc(CC(=O)O)c1)c1cccc(O)c1. The third-order valence-corrected chi connectivity index (χ3v) is 3.28. The smallest absolute Gasteiger partial charge is 0.307 e. The van der Waals surface area contributed by atoms with Crippen LogP contribution in [0.1, 0.15) is 24.5 Å². The van der Waals surface area contributed by atoms with Crippen molar-refractivity contribution in [1.29, 1.82) is 0 Å².